The summed E-state index contributed by atoms with van der Waals surface area (Å²) in [5.41, 5.74) is 4.73. The molecule has 160 valence electrons. The van der Waals surface area contributed by atoms with Crippen molar-refractivity contribution in [2.45, 2.75) is 19.8 Å². The van der Waals surface area contributed by atoms with Crippen molar-refractivity contribution in [2.75, 3.05) is 26.7 Å². The Morgan fingerprint density at radius 1 is 1.07 bits per heavy atom. The second kappa shape index (κ2) is 10.8. The SMILES string of the molecule is CNCC1CCN(C(=O)c2cc(-c3ccc(C)cc3)nc3ccccc23)CC1.Cl.Cl. The van der Waals surface area contributed by atoms with Gasteiger partial charge in [-0.15, -0.1) is 24.8 Å². The van der Waals surface area contributed by atoms with E-state index in [2.05, 4.69) is 36.5 Å². The molecular weight excluding hydrogens is 417 g/mol. The van der Waals surface area contributed by atoms with E-state index in [4.69, 9.17) is 4.98 Å². The minimum Gasteiger partial charge on any atom is -0.339 e. The van der Waals surface area contributed by atoms with Gasteiger partial charge in [-0.3, -0.25) is 4.79 Å². The van der Waals surface area contributed by atoms with Crippen LogP contribution in [0.2, 0.25) is 0 Å². The largest absolute Gasteiger partial charge is 0.339 e. The first kappa shape index (κ1) is 24.1. The molecule has 0 aliphatic carbocycles. The highest BCUT2D eigenvalue weighted by Crippen LogP contribution is 2.27. The molecule has 0 bridgehead atoms. The number of nitrogens with zero attached hydrogens (tertiary/aromatic N) is 2. The van der Waals surface area contributed by atoms with Crippen LogP contribution in [0.1, 0.15) is 28.8 Å². The lowest BCUT2D eigenvalue weighted by Crippen LogP contribution is -2.40. The molecule has 30 heavy (non-hydrogen) atoms. The van der Waals surface area contributed by atoms with Crippen molar-refractivity contribution in [1.29, 1.82) is 0 Å². The summed E-state index contributed by atoms with van der Waals surface area (Å²) in [4.78, 5) is 20.2. The number of aromatic nitrogens is 1. The minimum absolute atomic E-state index is 0. The van der Waals surface area contributed by atoms with Gasteiger partial charge in [-0.1, -0.05) is 48.0 Å². The van der Waals surface area contributed by atoms with E-state index in [1.54, 1.807) is 0 Å². The third-order valence-electron chi connectivity index (χ3n) is 5.69. The lowest BCUT2D eigenvalue weighted by Gasteiger charge is -2.32. The van der Waals surface area contributed by atoms with E-state index >= 15 is 0 Å². The second-order valence-electron chi connectivity index (χ2n) is 7.73. The van der Waals surface area contributed by atoms with E-state index in [9.17, 15) is 4.79 Å². The molecule has 6 heteroatoms. The number of halogens is 2. The van der Waals surface area contributed by atoms with E-state index in [1.165, 1.54) is 5.56 Å². The Hall–Kier alpha value is -2.14. The molecule has 1 aliphatic heterocycles. The maximum absolute atomic E-state index is 13.4. The molecule has 1 N–H and O–H groups in total. The van der Waals surface area contributed by atoms with Crippen molar-refractivity contribution in [2.24, 2.45) is 5.92 Å². The lowest BCUT2D eigenvalue weighted by atomic mass is 9.95. The molecule has 4 nitrogen and oxygen atoms in total. The number of carbonyl (C=O) groups excluding carboxylic acids is 1. The number of benzene rings is 2. The molecule has 4 rings (SSSR count). The van der Waals surface area contributed by atoms with E-state index in [0.29, 0.717) is 5.92 Å². The van der Waals surface area contributed by atoms with E-state index in [0.717, 1.165) is 60.2 Å². The summed E-state index contributed by atoms with van der Waals surface area (Å²) in [6.07, 6.45) is 2.11. The predicted octanol–water partition coefficient (Wildman–Crippen LogP) is 5.13. The average molecular weight is 446 g/mol. The minimum atomic E-state index is 0. The number of nitrogens with one attached hydrogen (secondary N) is 1. The van der Waals surface area contributed by atoms with Gasteiger partial charge in [0.15, 0.2) is 0 Å². The van der Waals surface area contributed by atoms with Gasteiger partial charge in [0.1, 0.15) is 0 Å². The van der Waals surface area contributed by atoms with Crippen molar-refractivity contribution < 1.29 is 4.79 Å². The number of hydrogen-bond acceptors (Lipinski definition) is 3. The van der Waals surface area contributed by atoms with Gasteiger partial charge in [0.25, 0.3) is 5.91 Å². The zero-order valence-corrected chi connectivity index (χ0v) is 19.1. The fraction of sp³-hybridized carbons (Fsp3) is 0.333. The monoisotopic (exact) mass is 445 g/mol. The molecule has 1 aromatic heterocycles. The Bertz CT molecular complexity index is 983. The third-order valence-corrected chi connectivity index (χ3v) is 5.69. The normalized spacial score (nSPS) is 14.1. The van der Waals surface area contributed by atoms with Crippen LogP contribution < -0.4 is 5.32 Å². The van der Waals surface area contributed by atoms with Gasteiger partial charge in [0, 0.05) is 24.0 Å². The van der Waals surface area contributed by atoms with Gasteiger partial charge in [0.05, 0.1) is 16.8 Å². The van der Waals surface area contributed by atoms with Crippen molar-refractivity contribution >= 4 is 41.6 Å². The van der Waals surface area contributed by atoms with Crippen LogP contribution in [0.15, 0.2) is 54.6 Å². The highest BCUT2D eigenvalue weighted by Gasteiger charge is 2.25. The summed E-state index contributed by atoms with van der Waals surface area (Å²) in [6, 6.07) is 18.2. The van der Waals surface area contributed by atoms with Gasteiger partial charge in [0.2, 0.25) is 0 Å². The number of para-hydroxylation sites is 1. The predicted molar refractivity (Wildman–Crippen MR) is 129 cm³/mol. The molecular formula is C24H29Cl2N3O. The maximum Gasteiger partial charge on any atom is 0.254 e. The number of fused-ring (bicyclic) bond motifs is 1. The third kappa shape index (κ3) is 5.12. The number of amides is 1. The summed E-state index contributed by atoms with van der Waals surface area (Å²) in [7, 11) is 1.99. The van der Waals surface area contributed by atoms with E-state index in [1.807, 2.05) is 42.3 Å². The van der Waals surface area contributed by atoms with Crippen molar-refractivity contribution in [3.63, 3.8) is 0 Å². The van der Waals surface area contributed by atoms with Gasteiger partial charge >= 0.3 is 0 Å². The number of likely N-dealkylation sites (tertiary alicyclic amines) is 1. The fourth-order valence-corrected chi connectivity index (χ4v) is 4.02. The molecule has 1 aliphatic rings. The first-order valence-electron chi connectivity index (χ1n) is 10.1. The Morgan fingerprint density at radius 2 is 1.73 bits per heavy atom. The summed E-state index contributed by atoms with van der Waals surface area (Å²) in [5, 5.41) is 4.19. The first-order chi connectivity index (χ1) is 13.7. The van der Waals surface area contributed by atoms with Crippen LogP contribution >= 0.6 is 24.8 Å². The molecule has 3 aromatic rings. The van der Waals surface area contributed by atoms with Crippen LogP contribution in [0.4, 0.5) is 0 Å². The number of aryl methyl sites for hydroxylation is 1. The quantitative estimate of drug-likeness (QED) is 0.605. The number of pyridine rings is 1. The van der Waals surface area contributed by atoms with E-state index in [-0.39, 0.29) is 30.7 Å². The molecule has 2 heterocycles. The molecule has 0 atom stereocenters. The van der Waals surface area contributed by atoms with Crippen molar-refractivity contribution in [3.05, 3.63) is 65.7 Å². The summed E-state index contributed by atoms with van der Waals surface area (Å²) >= 11 is 0. The highest BCUT2D eigenvalue weighted by atomic mass is 35.5. The van der Waals surface area contributed by atoms with Crippen LogP contribution in [0.5, 0.6) is 0 Å². The van der Waals surface area contributed by atoms with Gasteiger partial charge in [-0.05, 0) is 51.4 Å². The number of hydrogen-bond donors (Lipinski definition) is 1. The molecule has 2 aromatic carbocycles. The Balaban J connectivity index is 0.00000160. The van der Waals surface area contributed by atoms with Crippen LogP contribution in [-0.4, -0.2) is 42.5 Å². The van der Waals surface area contributed by atoms with E-state index < -0.39 is 0 Å². The molecule has 0 saturated carbocycles. The second-order valence-corrected chi connectivity index (χ2v) is 7.73. The maximum atomic E-state index is 13.4. The van der Waals surface area contributed by atoms with Crippen molar-refractivity contribution in [1.82, 2.24) is 15.2 Å². The van der Waals surface area contributed by atoms with Crippen LogP contribution in [0.3, 0.4) is 0 Å². The molecule has 0 spiro atoms. The molecule has 0 radical (unpaired) electrons. The average Bonchev–Trinajstić information content (AvgIpc) is 2.74. The molecule has 1 amide bonds. The Labute approximate surface area is 190 Å². The summed E-state index contributed by atoms with van der Waals surface area (Å²) in [5.74, 6) is 0.779. The Morgan fingerprint density at radius 3 is 2.40 bits per heavy atom. The van der Waals surface area contributed by atoms with Crippen molar-refractivity contribution in [3.8, 4) is 11.3 Å². The molecule has 0 unspecified atom stereocenters. The fourth-order valence-electron chi connectivity index (χ4n) is 4.02. The molecule has 1 saturated heterocycles. The van der Waals surface area contributed by atoms with Crippen LogP contribution in [0.25, 0.3) is 22.2 Å². The smallest absolute Gasteiger partial charge is 0.254 e. The standard InChI is InChI=1S/C24H27N3O.2ClH/c1-17-7-9-19(10-8-17)23-15-21(20-5-3-4-6-22(20)26-23)24(28)27-13-11-18(12-14-27)16-25-2;;/h3-10,15,18,25H,11-14,16H2,1-2H3;2*1H. The van der Waals surface area contributed by atoms with Gasteiger partial charge in [-0.25, -0.2) is 4.98 Å². The van der Waals surface area contributed by atoms with Gasteiger partial charge in [-0.2, -0.15) is 0 Å². The van der Waals surface area contributed by atoms with Gasteiger partial charge < -0.3 is 10.2 Å². The zero-order chi connectivity index (χ0) is 19.5. The van der Waals surface area contributed by atoms with Crippen LogP contribution in [-0.2, 0) is 0 Å². The first-order valence-corrected chi connectivity index (χ1v) is 10.1. The number of carbonyl (C=O) groups is 1. The summed E-state index contributed by atoms with van der Waals surface area (Å²) in [6.45, 7) is 4.74. The number of piperidine rings is 1. The lowest BCUT2D eigenvalue weighted by molar-refractivity contribution is 0.0693. The molecule has 1 fully saturated rings. The zero-order valence-electron chi connectivity index (χ0n) is 17.4. The summed E-state index contributed by atoms with van der Waals surface area (Å²) < 4.78 is 0. The topological polar surface area (TPSA) is 45.2 Å². The van der Waals surface area contributed by atoms with Crippen LogP contribution in [0, 0.1) is 12.8 Å². The Kier molecular flexibility index (Phi) is 8.65. The highest BCUT2D eigenvalue weighted by molar-refractivity contribution is 6.07. The number of rotatable bonds is 4.